The summed E-state index contributed by atoms with van der Waals surface area (Å²) in [5.41, 5.74) is 0.615. The lowest BCUT2D eigenvalue weighted by Crippen LogP contribution is -2.02. The summed E-state index contributed by atoms with van der Waals surface area (Å²) >= 11 is 3.21. The first-order chi connectivity index (χ1) is 7.13. The van der Waals surface area contributed by atoms with Crippen LogP contribution in [0.5, 0.6) is 5.75 Å². The fraction of sp³-hybridized carbons (Fsp3) is 0.200. The first kappa shape index (κ1) is 11.5. The molecule has 0 saturated carbocycles. The fourth-order valence-electron chi connectivity index (χ4n) is 1.06. The van der Waals surface area contributed by atoms with Crippen LogP contribution in [0.3, 0.4) is 0 Å². The molecule has 5 heteroatoms. The normalized spacial score (nSPS) is 9.20. The van der Waals surface area contributed by atoms with E-state index in [2.05, 4.69) is 20.7 Å². The minimum Gasteiger partial charge on any atom is -0.496 e. The van der Waals surface area contributed by atoms with Gasteiger partial charge in [-0.1, -0.05) is 0 Å². The largest absolute Gasteiger partial charge is 0.496 e. The van der Waals surface area contributed by atoms with Gasteiger partial charge in [-0.3, -0.25) is 0 Å². The molecular formula is C10H8BrNO3. The number of nitriles is 1. The van der Waals surface area contributed by atoms with Crippen LogP contribution < -0.4 is 4.74 Å². The van der Waals surface area contributed by atoms with E-state index in [4.69, 9.17) is 10.00 Å². The van der Waals surface area contributed by atoms with E-state index >= 15 is 0 Å². The van der Waals surface area contributed by atoms with E-state index < -0.39 is 5.97 Å². The van der Waals surface area contributed by atoms with Crippen molar-refractivity contribution in [2.45, 2.75) is 0 Å². The van der Waals surface area contributed by atoms with Crippen molar-refractivity contribution < 1.29 is 14.3 Å². The number of carbonyl (C=O) groups excluding carboxylic acids is 1. The van der Waals surface area contributed by atoms with E-state index in [1.165, 1.54) is 26.4 Å². The van der Waals surface area contributed by atoms with Gasteiger partial charge >= 0.3 is 5.97 Å². The van der Waals surface area contributed by atoms with Gasteiger partial charge in [0.1, 0.15) is 11.8 Å². The molecule has 0 bridgehead atoms. The van der Waals surface area contributed by atoms with Gasteiger partial charge in [0, 0.05) is 0 Å². The van der Waals surface area contributed by atoms with Crippen LogP contribution in [0.2, 0.25) is 0 Å². The van der Waals surface area contributed by atoms with Gasteiger partial charge < -0.3 is 9.47 Å². The smallest absolute Gasteiger partial charge is 0.338 e. The lowest BCUT2D eigenvalue weighted by Gasteiger charge is -2.07. The maximum absolute atomic E-state index is 11.3. The molecule has 1 aromatic carbocycles. The molecule has 0 aliphatic rings. The van der Waals surface area contributed by atoms with Gasteiger partial charge in [-0.05, 0) is 28.1 Å². The second-order valence-corrected chi connectivity index (χ2v) is 3.44. The van der Waals surface area contributed by atoms with Crippen molar-refractivity contribution in [1.29, 1.82) is 5.26 Å². The van der Waals surface area contributed by atoms with Gasteiger partial charge in [-0.15, -0.1) is 0 Å². The Balaban J connectivity index is 3.34. The van der Waals surface area contributed by atoms with Crippen molar-refractivity contribution in [1.82, 2.24) is 0 Å². The Bertz CT molecular complexity index is 437. The third kappa shape index (κ3) is 2.28. The lowest BCUT2D eigenvalue weighted by molar-refractivity contribution is 0.0600. The molecule has 0 N–H and O–H groups in total. The average molecular weight is 270 g/mol. The number of rotatable bonds is 2. The standard InChI is InChI=1S/C10H8BrNO3/c1-14-8-4-6(10(13)15-2)3-7(5-12)9(8)11/h3-4H,1-2H3. The molecule has 0 heterocycles. The van der Waals surface area contributed by atoms with Crippen molar-refractivity contribution >= 4 is 21.9 Å². The van der Waals surface area contributed by atoms with Crippen LogP contribution in [0.25, 0.3) is 0 Å². The fourth-order valence-corrected chi connectivity index (χ4v) is 1.54. The molecule has 0 unspecified atom stereocenters. The Hall–Kier alpha value is -1.54. The van der Waals surface area contributed by atoms with Crippen molar-refractivity contribution in [3.05, 3.63) is 27.7 Å². The van der Waals surface area contributed by atoms with Crippen molar-refractivity contribution in [2.75, 3.05) is 14.2 Å². The van der Waals surface area contributed by atoms with Gasteiger partial charge in [-0.25, -0.2) is 4.79 Å². The Morgan fingerprint density at radius 1 is 1.47 bits per heavy atom. The third-order valence-corrected chi connectivity index (χ3v) is 2.62. The predicted molar refractivity (Wildman–Crippen MR) is 56.7 cm³/mol. The summed E-state index contributed by atoms with van der Waals surface area (Å²) in [6.07, 6.45) is 0. The number of nitrogens with zero attached hydrogens (tertiary/aromatic N) is 1. The summed E-state index contributed by atoms with van der Waals surface area (Å²) in [6, 6.07) is 4.91. The van der Waals surface area contributed by atoms with E-state index in [1.807, 2.05) is 6.07 Å². The van der Waals surface area contributed by atoms with Gasteiger partial charge in [-0.2, -0.15) is 5.26 Å². The molecule has 4 nitrogen and oxygen atoms in total. The Kier molecular flexibility index (Phi) is 3.69. The monoisotopic (exact) mass is 269 g/mol. The molecule has 0 atom stereocenters. The molecule has 0 aliphatic carbocycles. The zero-order valence-electron chi connectivity index (χ0n) is 8.20. The number of ether oxygens (including phenoxy) is 2. The highest BCUT2D eigenvalue weighted by Gasteiger charge is 2.13. The van der Waals surface area contributed by atoms with Crippen LogP contribution in [-0.2, 0) is 4.74 Å². The molecular weight excluding hydrogens is 262 g/mol. The molecule has 0 saturated heterocycles. The van der Waals surface area contributed by atoms with Gasteiger partial charge in [0.2, 0.25) is 0 Å². The quantitative estimate of drug-likeness (QED) is 0.772. The van der Waals surface area contributed by atoms with Crippen molar-refractivity contribution in [3.8, 4) is 11.8 Å². The molecule has 0 aliphatic heterocycles. The number of methoxy groups -OCH3 is 2. The number of esters is 1. The SMILES string of the molecule is COC(=O)c1cc(C#N)c(Br)c(OC)c1. The molecule has 1 aromatic rings. The number of benzene rings is 1. The zero-order valence-corrected chi connectivity index (χ0v) is 9.79. The second kappa shape index (κ2) is 4.80. The first-order valence-corrected chi connectivity index (χ1v) is 4.79. The van der Waals surface area contributed by atoms with E-state index in [1.54, 1.807) is 0 Å². The van der Waals surface area contributed by atoms with Crippen LogP contribution >= 0.6 is 15.9 Å². The van der Waals surface area contributed by atoms with Crippen LogP contribution in [0, 0.1) is 11.3 Å². The van der Waals surface area contributed by atoms with Gasteiger partial charge in [0.25, 0.3) is 0 Å². The highest BCUT2D eigenvalue weighted by atomic mass is 79.9. The van der Waals surface area contributed by atoms with Crippen molar-refractivity contribution in [3.63, 3.8) is 0 Å². The van der Waals surface area contributed by atoms with Crippen molar-refractivity contribution in [2.24, 2.45) is 0 Å². The van der Waals surface area contributed by atoms with E-state index in [0.717, 1.165) is 0 Å². The molecule has 15 heavy (non-hydrogen) atoms. The number of hydrogen-bond acceptors (Lipinski definition) is 4. The first-order valence-electron chi connectivity index (χ1n) is 4.00. The highest BCUT2D eigenvalue weighted by molar-refractivity contribution is 9.10. The highest BCUT2D eigenvalue weighted by Crippen LogP contribution is 2.29. The summed E-state index contributed by atoms with van der Waals surface area (Å²) in [4.78, 5) is 11.3. The zero-order chi connectivity index (χ0) is 11.4. The molecule has 0 fully saturated rings. The Morgan fingerprint density at radius 3 is 2.60 bits per heavy atom. The summed E-state index contributed by atoms with van der Waals surface area (Å²) in [5, 5.41) is 8.83. The third-order valence-electron chi connectivity index (χ3n) is 1.80. The van der Waals surface area contributed by atoms with Gasteiger partial charge in [0.05, 0.1) is 29.8 Å². The van der Waals surface area contributed by atoms with Crippen LogP contribution in [0.4, 0.5) is 0 Å². The predicted octanol–water partition coefficient (Wildman–Crippen LogP) is 2.12. The molecule has 1 rings (SSSR count). The number of halogens is 1. The summed E-state index contributed by atoms with van der Waals surface area (Å²) < 4.78 is 10.1. The molecule has 0 spiro atoms. The van der Waals surface area contributed by atoms with E-state index in [9.17, 15) is 4.79 Å². The van der Waals surface area contributed by atoms with Crippen LogP contribution in [0.15, 0.2) is 16.6 Å². The molecule has 78 valence electrons. The minimum atomic E-state index is -0.502. The topological polar surface area (TPSA) is 59.3 Å². The molecule has 0 radical (unpaired) electrons. The Morgan fingerprint density at radius 2 is 2.13 bits per heavy atom. The van der Waals surface area contributed by atoms with E-state index in [0.29, 0.717) is 15.8 Å². The summed E-state index contributed by atoms with van der Waals surface area (Å²) in [6.45, 7) is 0. The average Bonchev–Trinajstić information content (AvgIpc) is 2.28. The Labute approximate surface area is 95.5 Å². The maximum atomic E-state index is 11.3. The summed E-state index contributed by atoms with van der Waals surface area (Å²) in [7, 11) is 2.74. The lowest BCUT2D eigenvalue weighted by atomic mass is 10.1. The van der Waals surface area contributed by atoms with Crippen LogP contribution in [0.1, 0.15) is 15.9 Å². The van der Waals surface area contributed by atoms with Crippen LogP contribution in [-0.4, -0.2) is 20.2 Å². The molecule has 0 aromatic heterocycles. The minimum absolute atomic E-state index is 0.286. The van der Waals surface area contributed by atoms with E-state index in [-0.39, 0.29) is 5.56 Å². The molecule has 0 amide bonds. The van der Waals surface area contributed by atoms with Gasteiger partial charge in [0.15, 0.2) is 0 Å². The maximum Gasteiger partial charge on any atom is 0.338 e. The number of hydrogen-bond donors (Lipinski definition) is 0. The second-order valence-electron chi connectivity index (χ2n) is 2.64. The number of carbonyl (C=O) groups is 1. The summed E-state index contributed by atoms with van der Waals surface area (Å²) in [5.74, 6) is -0.0771.